The summed E-state index contributed by atoms with van der Waals surface area (Å²) >= 11 is 5.16. The molecule has 2 rings (SSSR count). The van der Waals surface area contributed by atoms with Crippen molar-refractivity contribution in [1.29, 1.82) is 0 Å². The van der Waals surface area contributed by atoms with Crippen LogP contribution in [0, 0.1) is 13.8 Å². The second-order valence-corrected chi connectivity index (χ2v) is 5.81. The summed E-state index contributed by atoms with van der Waals surface area (Å²) < 4.78 is 0.933. The summed E-state index contributed by atoms with van der Waals surface area (Å²) in [5.41, 5.74) is 1.98. The Balaban J connectivity index is 2.28. The molecule has 18 heavy (non-hydrogen) atoms. The van der Waals surface area contributed by atoms with Crippen LogP contribution >= 0.6 is 27.3 Å². The normalized spacial score (nSPS) is 10.7. The van der Waals surface area contributed by atoms with Crippen LogP contribution in [0.25, 0.3) is 0 Å². The van der Waals surface area contributed by atoms with E-state index in [0.29, 0.717) is 6.42 Å². The van der Waals surface area contributed by atoms with Gasteiger partial charge in [0.2, 0.25) is 0 Å². The Morgan fingerprint density at radius 2 is 2.06 bits per heavy atom. The third-order valence-corrected chi connectivity index (χ3v) is 4.18. The van der Waals surface area contributed by atoms with E-state index in [0.717, 1.165) is 39.1 Å². The van der Waals surface area contributed by atoms with Crippen LogP contribution < -0.4 is 5.32 Å². The third kappa shape index (κ3) is 3.05. The van der Waals surface area contributed by atoms with Crippen molar-refractivity contribution in [1.82, 2.24) is 15.0 Å². The Hall–Kier alpha value is -1.01. The molecule has 96 valence electrons. The van der Waals surface area contributed by atoms with E-state index >= 15 is 0 Å². The van der Waals surface area contributed by atoms with E-state index in [1.807, 2.05) is 20.8 Å². The van der Waals surface area contributed by atoms with Gasteiger partial charge in [0.25, 0.3) is 0 Å². The standard InChI is InChI=1S/C12H15BrN4S/c1-4-14-12-11(13)7(2)15-10(17-12)5-9-6-18-8(3)16-9/h6H,4-5H2,1-3H3,(H,14,15,17). The number of anilines is 1. The zero-order valence-corrected chi connectivity index (χ0v) is 13.0. The van der Waals surface area contributed by atoms with Crippen LogP contribution in [0.4, 0.5) is 5.82 Å². The highest BCUT2D eigenvalue weighted by Gasteiger charge is 2.10. The summed E-state index contributed by atoms with van der Waals surface area (Å²) in [4.78, 5) is 13.4. The molecule has 0 radical (unpaired) electrons. The SMILES string of the molecule is CCNc1nc(Cc2csc(C)n2)nc(C)c1Br. The van der Waals surface area contributed by atoms with Gasteiger partial charge in [0.05, 0.1) is 27.3 Å². The largest absolute Gasteiger partial charge is 0.369 e. The number of rotatable bonds is 4. The zero-order chi connectivity index (χ0) is 13.1. The van der Waals surface area contributed by atoms with E-state index in [9.17, 15) is 0 Å². The lowest BCUT2D eigenvalue weighted by Crippen LogP contribution is -2.07. The second-order valence-electron chi connectivity index (χ2n) is 3.95. The minimum atomic E-state index is 0.677. The summed E-state index contributed by atoms with van der Waals surface area (Å²) in [5, 5.41) is 6.37. The smallest absolute Gasteiger partial charge is 0.144 e. The number of thiazole rings is 1. The van der Waals surface area contributed by atoms with Crippen LogP contribution in [0.15, 0.2) is 9.85 Å². The molecule has 0 spiro atoms. The molecule has 0 bridgehead atoms. The van der Waals surface area contributed by atoms with Crippen LogP contribution in [0.2, 0.25) is 0 Å². The Morgan fingerprint density at radius 1 is 1.28 bits per heavy atom. The molecule has 0 fully saturated rings. The van der Waals surface area contributed by atoms with E-state index in [-0.39, 0.29) is 0 Å². The number of aryl methyl sites for hydroxylation is 2. The highest BCUT2D eigenvalue weighted by atomic mass is 79.9. The van der Waals surface area contributed by atoms with Crippen LogP contribution in [0.5, 0.6) is 0 Å². The maximum absolute atomic E-state index is 4.52. The summed E-state index contributed by atoms with van der Waals surface area (Å²) in [6.45, 7) is 6.87. The van der Waals surface area contributed by atoms with Gasteiger partial charge in [-0.25, -0.2) is 15.0 Å². The highest BCUT2D eigenvalue weighted by molar-refractivity contribution is 9.10. The highest BCUT2D eigenvalue weighted by Crippen LogP contribution is 2.23. The fraction of sp³-hybridized carbons (Fsp3) is 0.417. The van der Waals surface area contributed by atoms with Crippen molar-refractivity contribution in [2.24, 2.45) is 0 Å². The molecule has 0 aliphatic rings. The molecule has 0 aliphatic carbocycles. The first-order chi connectivity index (χ1) is 8.60. The van der Waals surface area contributed by atoms with Gasteiger partial charge in [0.15, 0.2) is 0 Å². The number of hydrogen-bond acceptors (Lipinski definition) is 5. The summed E-state index contributed by atoms with van der Waals surface area (Å²) in [6, 6.07) is 0. The van der Waals surface area contributed by atoms with E-state index in [4.69, 9.17) is 0 Å². The van der Waals surface area contributed by atoms with E-state index < -0.39 is 0 Å². The third-order valence-electron chi connectivity index (χ3n) is 2.41. The van der Waals surface area contributed by atoms with Gasteiger partial charge in [0, 0.05) is 11.9 Å². The van der Waals surface area contributed by atoms with Gasteiger partial charge in [-0.1, -0.05) is 0 Å². The predicted molar refractivity (Wildman–Crippen MR) is 78.3 cm³/mol. The van der Waals surface area contributed by atoms with Gasteiger partial charge in [-0.15, -0.1) is 11.3 Å². The molecule has 4 nitrogen and oxygen atoms in total. The molecule has 1 N–H and O–H groups in total. The van der Waals surface area contributed by atoms with Gasteiger partial charge < -0.3 is 5.32 Å². The van der Waals surface area contributed by atoms with Crippen molar-refractivity contribution in [2.75, 3.05) is 11.9 Å². The monoisotopic (exact) mass is 326 g/mol. The number of nitrogens with zero attached hydrogens (tertiary/aromatic N) is 3. The van der Waals surface area contributed by atoms with Crippen molar-refractivity contribution in [3.63, 3.8) is 0 Å². The minimum Gasteiger partial charge on any atom is -0.369 e. The van der Waals surface area contributed by atoms with Crippen molar-refractivity contribution in [3.8, 4) is 0 Å². The topological polar surface area (TPSA) is 50.7 Å². The fourth-order valence-electron chi connectivity index (χ4n) is 1.63. The van der Waals surface area contributed by atoms with Gasteiger partial charge in [-0.05, 0) is 36.7 Å². The maximum atomic E-state index is 4.52. The summed E-state index contributed by atoms with van der Waals surface area (Å²) in [5.74, 6) is 1.66. The summed E-state index contributed by atoms with van der Waals surface area (Å²) in [6.07, 6.45) is 0.677. The average Bonchev–Trinajstić information content (AvgIpc) is 2.71. The van der Waals surface area contributed by atoms with E-state index in [2.05, 4.69) is 41.6 Å². The molecule has 0 amide bonds. The Bertz CT molecular complexity index is 553. The fourth-order valence-corrected chi connectivity index (χ4v) is 2.56. The van der Waals surface area contributed by atoms with E-state index in [1.165, 1.54) is 0 Å². The van der Waals surface area contributed by atoms with Crippen molar-refractivity contribution in [2.45, 2.75) is 27.2 Å². The lowest BCUT2D eigenvalue weighted by atomic mass is 10.3. The number of nitrogens with one attached hydrogen (secondary N) is 1. The molecule has 0 unspecified atom stereocenters. The molecular weight excluding hydrogens is 312 g/mol. The number of halogens is 1. The maximum Gasteiger partial charge on any atom is 0.144 e. The quantitative estimate of drug-likeness (QED) is 0.936. The van der Waals surface area contributed by atoms with Gasteiger partial charge in [0.1, 0.15) is 11.6 Å². The molecule has 6 heteroatoms. The average molecular weight is 327 g/mol. The van der Waals surface area contributed by atoms with Gasteiger partial charge in [-0.3, -0.25) is 0 Å². The van der Waals surface area contributed by atoms with Gasteiger partial charge >= 0.3 is 0 Å². The number of hydrogen-bond donors (Lipinski definition) is 1. The Labute approximate surface area is 119 Å². The number of aromatic nitrogens is 3. The van der Waals surface area contributed by atoms with Crippen molar-refractivity contribution in [3.05, 3.63) is 32.1 Å². The zero-order valence-electron chi connectivity index (χ0n) is 10.6. The second kappa shape index (κ2) is 5.75. The first-order valence-electron chi connectivity index (χ1n) is 5.78. The van der Waals surface area contributed by atoms with Crippen molar-refractivity contribution >= 4 is 33.1 Å². The molecule has 2 aromatic heterocycles. The molecule has 0 atom stereocenters. The first-order valence-corrected chi connectivity index (χ1v) is 7.45. The van der Waals surface area contributed by atoms with Crippen LogP contribution in [-0.4, -0.2) is 21.5 Å². The van der Waals surface area contributed by atoms with Crippen molar-refractivity contribution < 1.29 is 0 Å². The molecular formula is C12H15BrN4S. The van der Waals surface area contributed by atoms with Crippen LogP contribution in [0.3, 0.4) is 0 Å². The van der Waals surface area contributed by atoms with Crippen LogP contribution in [-0.2, 0) is 6.42 Å². The molecule has 0 aliphatic heterocycles. The van der Waals surface area contributed by atoms with E-state index in [1.54, 1.807) is 11.3 Å². The lowest BCUT2D eigenvalue weighted by molar-refractivity contribution is 0.911. The Morgan fingerprint density at radius 3 is 2.67 bits per heavy atom. The summed E-state index contributed by atoms with van der Waals surface area (Å²) in [7, 11) is 0. The molecule has 0 aromatic carbocycles. The molecule has 2 aromatic rings. The minimum absolute atomic E-state index is 0.677. The lowest BCUT2D eigenvalue weighted by Gasteiger charge is -2.09. The Kier molecular flexibility index (Phi) is 4.29. The molecule has 2 heterocycles. The van der Waals surface area contributed by atoms with Crippen LogP contribution in [0.1, 0.15) is 29.1 Å². The predicted octanol–water partition coefficient (Wildman–Crippen LogP) is 3.34. The van der Waals surface area contributed by atoms with Gasteiger partial charge in [-0.2, -0.15) is 0 Å². The molecule has 0 saturated heterocycles. The molecule has 0 saturated carbocycles. The first kappa shape index (κ1) is 13.4.